The second-order valence-electron chi connectivity index (χ2n) is 4.13. The first-order valence-electron chi connectivity index (χ1n) is 6.14. The van der Waals surface area contributed by atoms with Gasteiger partial charge in [0.25, 0.3) is 0 Å². The molecule has 0 amide bonds. The zero-order chi connectivity index (χ0) is 15.4. The molecule has 0 aliphatic carbocycles. The van der Waals surface area contributed by atoms with E-state index in [1.807, 2.05) is 6.92 Å². The molecule has 21 heavy (non-hydrogen) atoms. The largest absolute Gasteiger partial charge is 0.478 e. The van der Waals surface area contributed by atoms with Crippen molar-refractivity contribution >= 4 is 17.3 Å². The zero-order valence-electron chi connectivity index (χ0n) is 11.2. The fourth-order valence-electron chi connectivity index (χ4n) is 1.78. The number of hydrogen-bond donors (Lipinski definition) is 0. The normalized spacial score (nSPS) is 10.4. The quantitative estimate of drug-likeness (QED) is 0.624. The number of ether oxygens (including phenoxy) is 1. The fraction of sp³-hybridized carbons (Fsp3) is 0.231. The van der Waals surface area contributed by atoms with Crippen LogP contribution in [0.5, 0.6) is 5.88 Å². The van der Waals surface area contributed by atoms with E-state index in [0.717, 1.165) is 10.6 Å². The van der Waals surface area contributed by atoms with E-state index in [1.54, 1.807) is 18.2 Å². The third-order valence-electron chi connectivity index (χ3n) is 2.64. The molecular weight excluding hydrogens is 298 g/mol. The van der Waals surface area contributed by atoms with Gasteiger partial charge in [-0.25, -0.2) is 4.98 Å². The van der Waals surface area contributed by atoms with Gasteiger partial charge in [-0.1, -0.05) is 17.7 Å². The van der Waals surface area contributed by atoms with E-state index < -0.39 is 16.2 Å². The summed E-state index contributed by atoms with van der Waals surface area (Å²) in [6.45, 7) is 2.37. The standard InChI is InChI=1S/C13H12ClN3O4/c1-2-21-12-5-3-4-10(15-12)8-16-7-9(14)6-11(13(16)18)17(19)20/h3-7H,2,8H2,1H3. The maximum Gasteiger partial charge on any atom is 0.335 e. The number of aromatic nitrogens is 2. The minimum absolute atomic E-state index is 0.0706. The molecule has 110 valence electrons. The molecular formula is C13H12ClN3O4. The van der Waals surface area contributed by atoms with Crippen molar-refractivity contribution in [1.29, 1.82) is 0 Å². The highest BCUT2D eigenvalue weighted by Crippen LogP contribution is 2.14. The highest BCUT2D eigenvalue weighted by atomic mass is 35.5. The molecule has 0 aliphatic heterocycles. The van der Waals surface area contributed by atoms with Gasteiger partial charge < -0.3 is 9.30 Å². The van der Waals surface area contributed by atoms with Crippen LogP contribution in [0.1, 0.15) is 12.6 Å². The molecule has 8 heteroatoms. The number of pyridine rings is 2. The van der Waals surface area contributed by atoms with Crippen LogP contribution >= 0.6 is 11.6 Å². The Bertz CT molecular complexity index is 730. The Balaban J connectivity index is 2.38. The second kappa shape index (κ2) is 6.36. The predicted molar refractivity (Wildman–Crippen MR) is 76.9 cm³/mol. The van der Waals surface area contributed by atoms with Crippen LogP contribution in [0, 0.1) is 10.1 Å². The van der Waals surface area contributed by atoms with Crippen molar-refractivity contribution in [1.82, 2.24) is 9.55 Å². The average Bonchev–Trinajstić information content (AvgIpc) is 2.43. The Kier molecular flexibility index (Phi) is 4.54. The molecule has 2 heterocycles. The lowest BCUT2D eigenvalue weighted by atomic mass is 10.3. The van der Waals surface area contributed by atoms with Gasteiger partial charge in [-0.3, -0.25) is 14.9 Å². The Labute approximate surface area is 124 Å². The van der Waals surface area contributed by atoms with Gasteiger partial charge >= 0.3 is 11.2 Å². The Morgan fingerprint density at radius 2 is 2.24 bits per heavy atom. The van der Waals surface area contributed by atoms with Gasteiger partial charge in [-0.05, 0) is 13.0 Å². The summed E-state index contributed by atoms with van der Waals surface area (Å²) < 4.78 is 6.42. The van der Waals surface area contributed by atoms with E-state index in [2.05, 4.69) is 4.98 Å². The molecule has 0 N–H and O–H groups in total. The van der Waals surface area contributed by atoms with Crippen LogP contribution in [0.4, 0.5) is 5.69 Å². The topological polar surface area (TPSA) is 87.3 Å². The van der Waals surface area contributed by atoms with Crippen molar-refractivity contribution < 1.29 is 9.66 Å². The first-order chi connectivity index (χ1) is 10.0. The Hall–Kier alpha value is -2.41. The molecule has 0 unspecified atom stereocenters. The van der Waals surface area contributed by atoms with E-state index in [9.17, 15) is 14.9 Å². The summed E-state index contributed by atoms with van der Waals surface area (Å²) in [5.74, 6) is 0.430. The van der Waals surface area contributed by atoms with Gasteiger partial charge in [0.05, 0.1) is 28.8 Å². The SMILES string of the molecule is CCOc1cccc(Cn2cc(Cl)cc([N+](=O)[O-])c2=O)n1. The minimum atomic E-state index is -0.755. The van der Waals surface area contributed by atoms with Crippen LogP contribution in [-0.2, 0) is 6.54 Å². The number of nitro groups is 1. The lowest BCUT2D eigenvalue weighted by molar-refractivity contribution is -0.386. The van der Waals surface area contributed by atoms with Crippen LogP contribution in [-0.4, -0.2) is 21.1 Å². The lowest BCUT2D eigenvalue weighted by Crippen LogP contribution is -2.23. The van der Waals surface area contributed by atoms with Crippen molar-refractivity contribution in [3.8, 4) is 5.88 Å². The molecule has 0 radical (unpaired) electrons. The molecule has 0 saturated heterocycles. The van der Waals surface area contributed by atoms with E-state index in [0.29, 0.717) is 18.2 Å². The number of rotatable bonds is 5. The molecule has 0 aliphatic rings. The third kappa shape index (κ3) is 3.57. The molecule has 2 aromatic rings. The summed E-state index contributed by atoms with van der Waals surface area (Å²) in [6, 6.07) is 6.15. The van der Waals surface area contributed by atoms with Gasteiger partial charge in [0, 0.05) is 18.3 Å². The lowest BCUT2D eigenvalue weighted by Gasteiger charge is -2.07. The van der Waals surface area contributed by atoms with Crippen molar-refractivity contribution in [2.24, 2.45) is 0 Å². The maximum atomic E-state index is 12.0. The van der Waals surface area contributed by atoms with E-state index >= 15 is 0 Å². The summed E-state index contributed by atoms with van der Waals surface area (Å²) in [4.78, 5) is 26.3. The van der Waals surface area contributed by atoms with E-state index in [1.165, 1.54) is 6.20 Å². The predicted octanol–water partition coefficient (Wildman–Crippen LogP) is 2.25. The third-order valence-corrected chi connectivity index (χ3v) is 2.84. The summed E-state index contributed by atoms with van der Waals surface area (Å²) in [5, 5.41) is 10.9. The fourth-order valence-corrected chi connectivity index (χ4v) is 2.00. The molecule has 0 bridgehead atoms. The van der Waals surface area contributed by atoms with Gasteiger partial charge in [-0.2, -0.15) is 0 Å². The van der Waals surface area contributed by atoms with Gasteiger partial charge in [-0.15, -0.1) is 0 Å². The molecule has 2 rings (SSSR count). The molecule has 7 nitrogen and oxygen atoms in total. The summed E-state index contributed by atoms with van der Waals surface area (Å²) in [7, 11) is 0. The monoisotopic (exact) mass is 309 g/mol. The average molecular weight is 310 g/mol. The first kappa shape index (κ1) is 15.0. The van der Waals surface area contributed by atoms with Crippen LogP contribution < -0.4 is 10.3 Å². The van der Waals surface area contributed by atoms with Crippen molar-refractivity contribution in [2.75, 3.05) is 6.61 Å². The molecule has 0 spiro atoms. The Morgan fingerprint density at radius 1 is 1.48 bits per heavy atom. The molecule has 2 aromatic heterocycles. The maximum absolute atomic E-state index is 12.0. The van der Waals surface area contributed by atoms with Gasteiger partial charge in [0.1, 0.15) is 0 Å². The van der Waals surface area contributed by atoms with Crippen LogP contribution in [0.25, 0.3) is 0 Å². The van der Waals surface area contributed by atoms with Crippen molar-refractivity contribution in [3.05, 3.63) is 61.6 Å². The molecule has 0 saturated carbocycles. The van der Waals surface area contributed by atoms with Gasteiger partial charge in [0.2, 0.25) is 5.88 Å². The minimum Gasteiger partial charge on any atom is -0.478 e. The zero-order valence-corrected chi connectivity index (χ0v) is 11.9. The number of hydrogen-bond acceptors (Lipinski definition) is 5. The van der Waals surface area contributed by atoms with Crippen LogP contribution in [0.15, 0.2) is 35.3 Å². The highest BCUT2D eigenvalue weighted by molar-refractivity contribution is 6.30. The van der Waals surface area contributed by atoms with Crippen LogP contribution in [0.3, 0.4) is 0 Å². The summed E-state index contributed by atoms with van der Waals surface area (Å²) >= 11 is 5.80. The highest BCUT2D eigenvalue weighted by Gasteiger charge is 2.16. The molecule has 0 aromatic carbocycles. The number of halogens is 1. The first-order valence-corrected chi connectivity index (χ1v) is 6.52. The Morgan fingerprint density at radius 3 is 2.90 bits per heavy atom. The smallest absolute Gasteiger partial charge is 0.335 e. The van der Waals surface area contributed by atoms with E-state index in [-0.39, 0.29) is 11.6 Å². The van der Waals surface area contributed by atoms with Crippen LogP contribution in [0.2, 0.25) is 5.02 Å². The van der Waals surface area contributed by atoms with Crippen molar-refractivity contribution in [3.63, 3.8) is 0 Å². The van der Waals surface area contributed by atoms with Crippen molar-refractivity contribution in [2.45, 2.75) is 13.5 Å². The summed E-state index contributed by atoms with van der Waals surface area (Å²) in [5.41, 5.74) is -0.754. The molecule has 0 atom stereocenters. The second-order valence-corrected chi connectivity index (χ2v) is 4.57. The van der Waals surface area contributed by atoms with Gasteiger partial charge in [0.15, 0.2) is 0 Å². The number of nitrogens with zero attached hydrogens (tertiary/aromatic N) is 3. The molecule has 0 fully saturated rings. The summed E-state index contributed by atoms with van der Waals surface area (Å²) in [6.07, 6.45) is 1.34. The van der Waals surface area contributed by atoms with E-state index in [4.69, 9.17) is 16.3 Å².